The first-order chi connectivity index (χ1) is 31.2. The third-order valence-corrected chi connectivity index (χ3v) is 14.2. The molecule has 7 rings (SSSR count). The van der Waals surface area contributed by atoms with Crippen LogP contribution in [0.1, 0.15) is 47.5 Å². The van der Waals surface area contributed by atoms with Crippen LogP contribution >= 0.6 is 34.8 Å². The van der Waals surface area contributed by atoms with E-state index in [1.165, 1.54) is 48.2 Å². The average Bonchev–Trinajstić information content (AvgIpc) is 3.89. The van der Waals surface area contributed by atoms with Crippen molar-refractivity contribution in [2.75, 3.05) is 52.4 Å². The lowest BCUT2D eigenvalue weighted by Crippen LogP contribution is -2.21. The Labute approximate surface area is 388 Å². The molecule has 0 radical (unpaired) electrons. The maximum atomic E-state index is 11.9. The molecule has 340 valence electrons. The average molecular weight is 976 g/mol. The van der Waals surface area contributed by atoms with Crippen molar-refractivity contribution in [2.24, 2.45) is 20.5 Å². The van der Waals surface area contributed by atoms with Crippen molar-refractivity contribution in [2.45, 2.75) is 62.4 Å². The van der Waals surface area contributed by atoms with E-state index < -0.39 is 20.2 Å². The van der Waals surface area contributed by atoms with E-state index in [1.54, 1.807) is 0 Å². The number of hydrogen-bond donors (Lipinski definition) is 4. The van der Waals surface area contributed by atoms with Gasteiger partial charge in [0.1, 0.15) is 11.4 Å². The molecule has 65 heavy (non-hydrogen) atoms. The van der Waals surface area contributed by atoms with Crippen molar-refractivity contribution in [3.63, 3.8) is 0 Å². The van der Waals surface area contributed by atoms with Crippen LogP contribution in [-0.4, -0.2) is 81.6 Å². The molecular weight excluding hydrogens is 931 g/mol. The van der Waals surface area contributed by atoms with E-state index in [0.717, 1.165) is 79.2 Å². The fraction of sp³-hybridized carbons (Fsp3) is 0.293. The molecule has 0 amide bonds. The molecule has 0 unspecified atom stereocenters. The monoisotopic (exact) mass is 975 g/mol. The summed E-state index contributed by atoms with van der Waals surface area (Å²) in [5, 5.41) is 26.8. The summed E-state index contributed by atoms with van der Waals surface area (Å²) in [6, 6.07) is 19.5. The van der Waals surface area contributed by atoms with Crippen LogP contribution < -0.4 is 20.4 Å². The molecule has 0 aliphatic heterocycles. The maximum absolute atomic E-state index is 11.9. The van der Waals surface area contributed by atoms with E-state index in [0.29, 0.717) is 59.7 Å². The second-order valence-electron chi connectivity index (χ2n) is 14.1. The van der Waals surface area contributed by atoms with Crippen LogP contribution in [0.5, 0.6) is 0 Å². The molecule has 3 heterocycles. The Morgan fingerprint density at radius 1 is 0.600 bits per heavy atom. The van der Waals surface area contributed by atoms with Gasteiger partial charge in [-0.25, -0.2) is 0 Å². The number of hydrogen-bond acceptors (Lipinski definition) is 20. The molecule has 0 saturated carbocycles. The molecule has 7 aromatic rings. The zero-order valence-corrected chi connectivity index (χ0v) is 39.9. The third kappa shape index (κ3) is 11.4. The quantitative estimate of drug-likeness (QED) is 0.0240. The van der Waals surface area contributed by atoms with Crippen molar-refractivity contribution in [1.29, 1.82) is 0 Å². The van der Waals surface area contributed by atoms with Crippen LogP contribution in [0.4, 0.5) is 56.0 Å². The molecule has 19 nitrogen and oxygen atoms in total. The number of thioether (sulfide) groups is 1. The summed E-state index contributed by atoms with van der Waals surface area (Å²) in [5.41, 5.74) is 4.74. The number of aromatic nitrogens is 5. The highest BCUT2D eigenvalue weighted by molar-refractivity contribution is 7.99. The molecule has 24 heteroatoms. The highest BCUT2D eigenvalue weighted by Crippen LogP contribution is 2.39. The van der Waals surface area contributed by atoms with E-state index in [4.69, 9.17) is 15.0 Å². The lowest BCUT2D eigenvalue weighted by molar-refractivity contribution is 0.481. The molecule has 0 saturated heterocycles. The first kappa shape index (κ1) is 47.2. The Hall–Kier alpha value is -5.76. The predicted molar refractivity (Wildman–Crippen MR) is 259 cm³/mol. The molecule has 4 N–H and O–H groups in total. The van der Waals surface area contributed by atoms with Crippen LogP contribution in [-0.2, 0) is 20.2 Å². The maximum Gasteiger partial charge on any atom is 0.294 e. The molecule has 3 aromatic heterocycles. The van der Waals surface area contributed by atoms with Gasteiger partial charge in [-0.2, -0.15) is 40.5 Å². The summed E-state index contributed by atoms with van der Waals surface area (Å²) in [7, 11) is -8.92. The van der Waals surface area contributed by atoms with Crippen LogP contribution in [0.3, 0.4) is 0 Å². The van der Waals surface area contributed by atoms with Crippen LogP contribution in [0.15, 0.2) is 108 Å². The fourth-order valence-corrected chi connectivity index (χ4v) is 9.85. The Morgan fingerprint density at radius 2 is 1.05 bits per heavy atom. The number of unbranched alkanes of at least 4 members (excludes halogenated alkanes) is 1. The summed E-state index contributed by atoms with van der Waals surface area (Å²) in [5.74, 6) is 1.19. The van der Waals surface area contributed by atoms with Crippen molar-refractivity contribution in [3.8, 4) is 0 Å². The smallest absolute Gasteiger partial charge is 0.294 e. The van der Waals surface area contributed by atoms with Gasteiger partial charge in [-0.3, -0.25) is 9.11 Å². The van der Waals surface area contributed by atoms with E-state index in [-0.39, 0.29) is 21.7 Å². The largest absolute Gasteiger partial charge is 0.372 e. The Balaban J connectivity index is 1.28. The van der Waals surface area contributed by atoms with Gasteiger partial charge in [-0.1, -0.05) is 25.1 Å². The predicted octanol–water partition coefficient (Wildman–Crippen LogP) is 11.5. The van der Waals surface area contributed by atoms with Gasteiger partial charge < -0.3 is 20.4 Å². The minimum absolute atomic E-state index is 0.213. The number of nitrogens with zero attached hydrogens (tertiary/aromatic N) is 11. The molecule has 0 spiro atoms. The highest BCUT2D eigenvalue weighted by Gasteiger charge is 2.18. The molecular formula is C41H45N13O6S5. The molecule has 0 bridgehead atoms. The summed E-state index contributed by atoms with van der Waals surface area (Å²) < 4.78 is 75.8. The van der Waals surface area contributed by atoms with Gasteiger partial charge in [0.15, 0.2) is 15.2 Å². The number of fused-ring (bicyclic) bond motifs is 2. The van der Waals surface area contributed by atoms with Gasteiger partial charge in [0, 0.05) is 54.1 Å². The zero-order chi connectivity index (χ0) is 46.3. The normalized spacial score (nSPS) is 12.2. The SMILES string of the molecule is CCCCSc1nc(Nc2cc(N(CC)CC)ccc2N=Nc2snc3ccc(S(=O)(=O)O)cc23)nc(Nc2cc(N(CC)CC)ccc2N=Nc2snc3ccc(S(=O)(=O)O)cc23)n1. The van der Waals surface area contributed by atoms with Crippen molar-refractivity contribution < 1.29 is 25.9 Å². The number of anilines is 6. The first-order valence-electron chi connectivity index (χ1n) is 20.5. The van der Waals surface area contributed by atoms with E-state index in [2.05, 4.69) is 84.3 Å². The van der Waals surface area contributed by atoms with Gasteiger partial charge >= 0.3 is 0 Å². The molecule has 0 atom stereocenters. The second kappa shape index (κ2) is 20.6. The van der Waals surface area contributed by atoms with E-state index >= 15 is 0 Å². The van der Waals surface area contributed by atoms with Gasteiger partial charge in [-0.05, 0) is 130 Å². The van der Waals surface area contributed by atoms with Crippen molar-refractivity contribution >= 4 is 133 Å². The Kier molecular flexibility index (Phi) is 15.0. The van der Waals surface area contributed by atoms with Gasteiger partial charge in [-0.15, -0.1) is 20.5 Å². The Bertz CT molecular complexity index is 2920. The van der Waals surface area contributed by atoms with E-state index in [1.807, 2.05) is 36.4 Å². The minimum Gasteiger partial charge on any atom is -0.372 e. The molecule has 0 fully saturated rings. The highest BCUT2D eigenvalue weighted by atomic mass is 32.2. The number of azo groups is 2. The summed E-state index contributed by atoms with van der Waals surface area (Å²) in [6.07, 6.45) is 1.91. The van der Waals surface area contributed by atoms with Crippen LogP contribution in [0.2, 0.25) is 0 Å². The lowest BCUT2D eigenvalue weighted by Gasteiger charge is -2.22. The summed E-state index contributed by atoms with van der Waals surface area (Å²) in [4.78, 5) is 18.2. The molecule has 0 aliphatic rings. The van der Waals surface area contributed by atoms with Crippen LogP contribution in [0, 0.1) is 0 Å². The van der Waals surface area contributed by atoms with Gasteiger partial charge in [0.25, 0.3) is 20.2 Å². The molecule has 0 aliphatic carbocycles. The number of nitrogens with one attached hydrogen (secondary N) is 2. The molecule has 4 aromatic carbocycles. The van der Waals surface area contributed by atoms with Gasteiger partial charge in [0.2, 0.25) is 11.9 Å². The fourth-order valence-electron chi connectivity index (χ4n) is 6.55. The first-order valence-corrected chi connectivity index (χ1v) is 25.9. The van der Waals surface area contributed by atoms with Crippen molar-refractivity contribution in [1.82, 2.24) is 23.7 Å². The minimum atomic E-state index is -4.46. The lowest BCUT2D eigenvalue weighted by atomic mass is 10.2. The van der Waals surface area contributed by atoms with Crippen molar-refractivity contribution in [3.05, 3.63) is 72.8 Å². The van der Waals surface area contributed by atoms with Gasteiger partial charge in [0.05, 0.1) is 32.2 Å². The third-order valence-electron chi connectivity index (χ3n) is 10.0. The standard InChI is InChI=1S/C41H45N13O6S5/c1-6-11-20-61-41-45-39(42-35-21-25(53(7-2)8-3)12-16-33(35)47-49-37-29-23-27(64(55,56)57)14-18-31(29)51-62-37)44-40(46-41)43-36-22-26(54(9-4)10-5)13-17-34(36)48-50-38-30-24-28(65(58,59)60)15-19-32(30)52-63-38/h12-19,21-24H,6-11,20H2,1-5H3,(H,55,56,57)(H,58,59,60)(H2,42,43,44,45,46). The van der Waals surface area contributed by atoms with E-state index in [9.17, 15) is 25.9 Å². The Morgan fingerprint density at radius 3 is 1.45 bits per heavy atom. The topological polar surface area (TPSA) is 253 Å². The second-order valence-corrected chi connectivity index (χ2v) is 19.6. The van der Waals surface area contributed by atoms with Crippen LogP contribution in [0.25, 0.3) is 21.8 Å². The number of benzene rings is 4. The number of rotatable bonds is 20. The zero-order valence-electron chi connectivity index (χ0n) is 35.9. The summed E-state index contributed by atoms with van der Waals surface area (Å²) >= 11 is 3.57. The summed E-state index contributed by atoms with van der Waals surface area (Å²) in [6.45, 7) is 13.3.